The van der Waals surface area contributed by atoms with Gasteiger partial charge in [-0.15, -0.1) is 0 Å². The molecular weight excluding hydrogens is 397 g/mol. The molecule has 0 aromatic heterocycles. The first-order valence-electron chi connectivity index (χ1n) is 10.7. The van der Waals surface area contributed by atoms with E-state index in [0.717, 1.165) is 30.4 Å². The Labute approximate surface area is 180 Å². The SMILES string of the molecule is N#C[C@H](Cc1ccc(-c2ccc3c(c2)C(=O)OC3)cc1F)NC(O)[C@H]1NC2CC[C@H]1C2. The number of ether oxygens (including phenoxy) is 1. The first-order chi connectivity index (χ1) is 15.0. The first kappa shape index (κ1) is 20.1. The van der Waals surface area contributed by atoms with Crippen LogP contribution in [-0.2, 0) is 17.8 Å². The quantitative estimate of drug-likeness (QED) is 0.490. The zero-order valence-electron chi connectivity index (χ0n) is 17.0. The minimum atomic E-state index is -0.839. The van der Waals surface area contributed by atoms with Crippen LogP contribution in [0.1, 0.15) is 40.7 Å². The monoisotopic (exact) mass is 421 g/mol. The number of halogens is 1. The lowest BCUT2D eigenvalue weighted by Crippen LogP contribution is -2.53. The Bertz CT molecular complexity index is 1070. The molecule has 1 saturated heterocycles. The molecule has 3 aliphatic rings. The van der Waals surface area contributed by atoms with Crippen LogP contribution in [0.3, 0.4) is 0 Å². The summed E-state index contributed by atoms with van der Waals surface area (Å²) in [7, 11) is 0. The lowest BCUT2D eigenvalue weighted by molar-refractivity contribution is 0.0535. The van der Waals surface area contributed by atoms with Gasteiger partial charge in [0.05, 0.1) is 11.6 Å². The molecule has 2 fully saturated rings. The average Bonchev–Trinajstić information content (AvgIpc) is 3.50. The fraction of sp³-hybridized carbons (Fsp3) is 0.417. The second-order valence-electron chi connectivity index (χ2n) is 8.71. The van der Waals surface area contributed by atoms with Gasteiger partial charge in [-0.2, -0.15) is 5.26 Å². The number of nitrogens with one attached hydrogen (secondary N) is 2. The molecule has 5 rings (SSSR count). The van der Waals surface area contributed by atoms with Crippen LogP contribution in [0.5, 0.6) is 0 Å². The van der Waals surface area contributed by atoms with Crippen LogP contribution in [0.25, 0.3) is 11.1 Å². The second kappa shape index (κ2) is 8.04. The van der Waals surface area contributed by atoms with Crippen molar-refractivity contribution >= 4 is 5.97 Å². The summed E-state index contributed by atoms with van der Waals surface area (Å²) in [6, 6.07) is 12.1. The number of fused-ring (bicyclic) bond motifs is 3. The van der Waals surface area contributed by atoms with Gasteiger partial charge in [0, 0.05) is 24.1 Å². The van der Waals surface area contributed by atoms with Crippen LogP contribution in [0.2, 0.25) is 0 Å². The van der Waals surface area contributed by atoms with Crippen molar-refractivity contribution in [3.63, 3.8) is 0 Å². The van der Waals surface area contributed by atoms with Gasteiger partial charge in [-0.05, 0) is 54.0 Å². The number of carbonyl (C=O) groups is 1. The molecule has 2 unspecified atom stereocenters. The molecule has 6 nitrogen and oxygen atoms in total. The molecule has 3 N–H and O–H groups in total. The third-order valence-corrected chi connectivity index (χ3v) is 6.78. The maximum absolute atomic E-state index is 14.8. The molecule has 7 heteroatoms. The maximum Gasteiger partial charge on any atom is 0.338 e. The predicted octanol–water partition coefficient (Wildman–Crippen LogP) is 2.65. The highest BCUT2D eigenvalue weighted by molar-refractivity contribution is 5.94. The van der Waals surface area contributed by atoms with Gasteiger partial charge in [0.2, 0.25) is 0 Å². The Morgan fingerprint density at radius 2 is 2.06 bits per heavy atom. The summed E-state index contributed by atoms with van der Waals surface area (Å²) in [6.45, 7) is 0.272. The van der Waals surface area contributed by atoms with Crippen LogP contribution >= 0.6 is 0 Å². The molecule has 2 bridgehead atoms. The number of esters is 1. The standard InChI is InChI=1S/C24H24FN3O3/c25-21-10-14(13-2-4-17-12-31-24(30)20(17)9-13)1-3-15(21)7-19(11-26)28-23(29)22-16-5-6-18(8-16)27-22/h1-4,9-10,16,18-19,22-23,27-29H,5-8,12H2/t16-,18?,19-,22-,23?/m0/s1. The normalized spacial score (nSPS) is 25.7. The third kappa shape index (κ3) is 3.83. The Kier molecular flexibility index (Phi) is 5.22. The Hall–Kier alpha value is -2.79. The summed E-state index contributed by atoms with van der Waals surface area (Å²) in [6.07, 6.45) is 2.61. The molecule has 2 aliphatic heterocycles. The number of benzene rings is 2. The van der Waals surface area contributed by atoms with E-state index in [1.807, 2.05) is 12.1 Å². The van der Waals surface area contributed by atoms with Crippen LogP contribution in [-0.4, -0.2) is 35.4 Å². The van der Waals surface area contributed by atoms with Crippen LogP contribution in [0.15, 0.2) is 36.4 Å². The molecule has 0 radical (unpaired) electrons. The van der Waals surface area contributed by atoms with E-state index >= 15 is 0 Å². The molecule has 2 aromatic carbocycles. The first-order valence-corrected chi connectivity index (χ1v) is 10.7. The summed E-state index contributed by atoms with van der Waals surface area (Å²) in [5.41, 5.74) is 3.12. The number of hydrogen-bond donors (Lipinski definition) is 3. The Balaban J connectivity index is 1.28. The fourth-order valence-corrected chi connectivity index (χ4v) is 5.11. The minimum absolute atomic E-state index is 0.0617. The van der Waals surface area contributed by atoms with Crippen molar-refractivity contribution in [2.45, 2.75) is 56.6 Å². The number of nitriles is 1. The van der Waals surface area contributed by atoms with Crippen LogP contribution < -0.4 is 10.6 Å². The van der Waals surface area contributed by atoms with E-state index in [9.17, 15) is 19.6 Å². The van der Waals surface area contributed by atoms with E-state index in [2.05, 4.69) is 16.7 Å². The van der Waals surface area contributed by atoms with Crippen molar-refractivity contribution in [3.8, 4) is 17.2 Å². The summed E-state index contributed by atoms with van der Waals surface area (Å²) in [4.78, 5) is 11.8. The highest BCUT2D eigenvalue weighted by Gasteiger charge is 2.42. The van der Waals surface area contributed by atoms with Crippen molar-refractivity contribution in [1.82, 2.24) is 10.6 Å². The fourth-order valence-electron chi connectivity index (χ4n) is 5.11. The smallest absolute Gasteiger partial charge is 0.338 e. The lowest BCUT2D eigenvalue weighted by atomic mass is 9.96. The van der Waals surface area contributed by atoms with Crippen molar-refractivity contribution in [3.05, 3.63) is 58.9 Å². The third-order valence-electron chi connectivity index (χ3n) is 6.78. The number of carbonyl (C=O) groups excluding carboxylic acids is 1. The topological polar surface area (TPSA) is 94.4 Å². The van der Waals surface area contributed by atoms with Gasteiger partial charge in [0.25, 0.3) is 0 Å². The highest BCUT2D eigenvalue weighted by atomic mass is 19.1. The molecule has 0 spiro atoms. The molecule has 1 aliphatic carbocycles. The van der Waals surface area contributed by atoms with Crippen molar-refractivity contribution in [2.24, 2.45) is 5.92 Å². The minimum Gasteiger partial charge on any atom is -0.457 e. The highest BCUT2D eigenvalue weighted by Crippen LogP contribution is 2.36. The second-order valence-corrected chi connectivity index (χ2v) is 8.71. The zero-order chi connectivity index (χ0) is 21.5. The van der Waals surface area contributed by atoms with E-state index in [-0.39, 0.29) is 25.0 Å². The number of piperidine rings is 1. The van der Waals surface area contributed by atoms with Crippen LogP contribution in [0, 0.1) is 23.1 Å². The van der Waals surface area contributed by atoms with E-state index in [4.69, 9.17) is 4.74 Å². The molecule has 0 amide bonds. The van der Waals surface area contributed by atoms with Crippen molar-refractivity contribution in [2.75, 3.05) is 0 Å². The molecule has 2 heterocycles. The molecular formula is C24H24FN3O3. The van der Waals surface area contributed by atoms with Crippen molar-refractivity contribution < 1.29 is 19.0 Å². The van der Waals surface area contributed by atoms with Crippen molar-refractivity contribution in [1.29, 1.82) is 5.26 Å². The number of nitrogens with zero attached hydrogens (tertiary/aromatic N) is 1. The Morgan fingerprint density at radius 1 is 1.26 bits per heavy atom. The summed E-state index contributed by atoms with van der Waals surface area (Å²) < 4.78 is 19.9. The van der Waals surface area contributed by atoms with E-state index in [1.165, 1.54) is 6.07 Å². The summed E-state index contributed by atoms with van der Waals surface area (Å²) >= 11 is 0. The largest absolute Gasteiger partial charge is 0.457 e. The number of aliphatic hydroxyl groups excluding tert-OH is 1. The summed E-state index contributed by atoms with van der Waals surface area (Å²) in [5, 5.41) is 26.5. The van der Waals surface area contributed by atoms with Gasteiger partial charge in [-0.1, -0.05) is 24.3 Å². The molecule has 1 saturated carbocycles. The molecule has 5 atom stereocenters. The average molecular weight is 421 g/mol. The maximum atomic E-state index is 14.8. The summed E-state index contributed by atoms with van der Waals surface area (Å²) in [5.74, 6) is -0.358. The zero-order valence-corrected chi connectivity index (χ0v) is 17.0. The predicted molar refractivity (Wildman–Crippen MR) is 111 cm³/mol. The van der Waals surface area contributed by atoms with Gasteiger partial charge >= 0.3 is 5.97 Å². The number of rotatable bonds is 6. The number of aliphatic hydroxyl groups is 1. The number of cyclic esters (lactones) is 1. The lowest BCUT2D eigenvalue weighted by Gasteiger charge is -2.29. The van der Waals surface area contributed by atoms with Gasteiger partial charge in [0.1, 0.15) is 24.7 Å². The van der Waals surface area contributed by atoms with Gasteiger partial charge in [-0.25, -0.2) is 9.18 Å². The molecule has 31 heavy (non-hydrogen) atoms. The molecule has 2 aromatic rings. The Morgan fingerprint density at radius 3 is 2.77 bits per heavy atom. The molecule has 160 valence electrons. The van der Waals surface area contributed by atoms with Crippen LogP contribution in [0.4, 0.5) is 4.39 Å². The van der Waals surface area contributed by atoms with Gasteiger partial charge < -0.3 is 15.2 Å². The van der Waals surface area contributed by atoms with Gasteiger partial charge in [0.15, 0.2) is 0 Å². The number of hydrogen-bond acceptors (Lipinski definition) is 6. The van der Waals surface area contributed by atoms with E-state index in [1.54, 1.807) is 18.2 Å². The van der Waals surface area contributed by atoms with E-state index in [0.29, 0.717) is 28.7 Å². The van der Waals surface area contributed by atoms with E-state index < -0.39 is 18.1 Å². The van der Waals surface area contributed by atoms with Gasteiger partial charge in [-0.3, -0.25) is 5.32 Å².